The summed E-state index contributed by atoms with van der Waals surface area (Å²) in [6.45, 7) is 0. The van der Waals surface area contributed by atoms with E-state index < -0.39 is 0 Å². The Kier molecular flexibility index (Phi) is 4.40. The lowest BCUT2D eigenvalue weighted by molar-refractivity contribution is 0.102. The fourth-order valence-electron chi connectivity index (χ4n) is 1.12. The van der Waals surface area contributed by atoms with Crippen molar-refractivity contribution in [3.8, 4) is 0 Å². The van der Waals surface area contributed by atoms with E-state index in [-0.39, 0.29) is 5.91 Å². The SMILES string of the molecule is O=C(Nc1ncc(Br)s1)c1ccc(I)c(Cl)c1. The van der Waals surface area contributed by atoms with Gasteiger partial charge < -0.3 is 0 Å². The second-order valence-corrected chi connectivity index (χ2v) is 7.03. The van der Waals surface area contributed by atoms with Crippen molar-refractivity contribution in [3.63, 3.8) is 0 Å². The molecule has 0 saturated heterocycles. The van der Waals surface area contributed by atoms with Crippen LogP contribution < -0.4 is 5.32 Å². The number of anilines is 1. The Morgan fingerprint density at radius 1 is 1.53 bits per heavy atom. The molecule has 88 valence electrons. The summed E-state index contributed by atoms with van der Waals surface area (Å²) in [6, 6.07) is 5.17. The molecule has 0 bridgehead atoms. The van der Waals surface area contributed by atoms with Gasteiger partial charge in [0, 0.05) is 9.13 Å². The van der Waals surface area contributed by atoms with Crippen LogP contribution in [0.5, 0.6) is 0 Å². The third kappa shape index (κ3) is 3.40. The predicted molar refractivity (Wildman–Crippen MR) is 81.9 cm³/mol. The van der Waals surface area contributed by atoms with Gasteiger partial charge in [0.25, 0.3) is 5.91 Å². The van der Waals surface area contributed by atoms with E-state index in [9.17, 15) is 4.79 Å². The molecule has 0 aliphatic rings. The smallest absolute Gasteiger partial charge is 0.257 e. The summed E-state index contributed by atoms with van der Waals surface area (Å²) in [5, 5.41) is 3.82. The van der Waals surface area contributed by atoms with Gasteiger partial charge in [-0.3, -0.25) is 10.1 Å². The fourth-order valence-corrected chi connectivity index (χ4v) is 2.74. The van der Waals surface area contributed by atoms with Gasteiger partial charge >= 0.3 is 0 Å². The maximum Gasteiger partial charge on any atom is 0.257 e. The molecule has 0 spiro atoms. The van der Waals surface area contributed by atoms with Gasteiger partial charge in [-0.2, -0.15) is 0 Å². The molecule has 2 rings (SSSR count). The molecule has 1 N–H and O–H groups in total. The van der Waals surface area contributed by atoms with E-state index in [0.717, 1.165) is 7.36 Å². The number of carbonyl (C=O) groups is 1. The van der Waals surface area contributed by atoms with Crippen molar-refractivity contribution in [2.75, 3.05) is 5.32 Å². The van der Waals surface area contributed by atoms with E-state index in [2.05, 4.69) is 48.8 Å². The zero-order valence-corrected chi connectivity index (χ0v) is 13.5. The maximum absolute atomic E-state index is 11.9. The van der Waals surface area contributed by atoms with E-state index in [1.807, 2.05) is 0 Å². The number of hydrogen-bond acceptors (Lipinski definition) is 3. The second kappa shape index (κ2) is 5.64. The standard InChI is InChI=1S/C10H5BrClIN2OS/c11-8-4-14-10(17-8)15-9(16)5-1-2-7(13)6(12)3-5/h1-4H,(H,14,15,16). The molecule has 1 amide bonds. The van der Waals surface area contributed by atoms with Crippen molar-refractivity contribution in [1.29, 1.82) is 0 Å². The zero-order valence-electron chi connectivity index (χ0n) is 8.21. The van der Waals surface area contributed by atoms with Crippen LogP contribution in [0.3, 0.4) is 0 Å². The monoisotopic (exact) mass is 442 g/mol. The summed E-state index contributed by atoms with van der Waals surface area (Å²) < 4.78 is 1.78. The Bertz CT molecular complexity index is 575. The van der Waals surface area contributed by atoms with Crippen LogP contribution in [0.25, 0.3) is 0 Å². The summed E-state index contributed by atoms with van der Waals surface area (Å²) in [5.74, 6) is -0.217. The Labute approximate surface area is 129 Å². The molecule has 2 aromatic rings. The lowest BCUT2D eigenvalue weighted by atomic mass is 10.2. The van der Waals surface area contributed by atoms with Crippen molar-refractivity contribution in [3.05, 3.63) is 42.3 Å². The van der Waals surface area contributed by atoms with Crippen molar-refractivity contribution < 1.29 is 4.79 Å². The number of nitrogens with one attached hydrogen (secondary N) is 1. The molecule has 1 aromatic carbocycles. The molecule has 1 aromatic heterocycles. The number of thiazole rings is 1. The van der Waals surface area contributed by atoms with Crippen LogP contribution in [0.15, 0.2) is 28.2 Å². The summed E-state index contributed by atoms with van der Waals surface area (Å²) in [4.78, 5) is 15.9. The molecule has 0 unspecified atom stereocenters. The van der Waals surface area contributed by atoms with Gasteiger partial charge in [-0.25, -0.2) is 4.98 Å². The number of nitrogens with zero attached hydrogens (tertiary/aromatic N) is 1. The topological polar surface area (TPSA) is 42.0 Å². The van der Waals surface area contributed by atoms with Crippen LogP contribution in [0.2, 0.25) is 5.02 Å². The minimum absolute atomic E-state index is 0.217. The highest BCUT2D eigenvalue weighted by Crippen LogP contribution is 2.24. The molecule has 0 atom stereocenters. The van der Waals surface area contributed by atoms with E-state index in [1.54, 1.807) is 24.4 Å². The average Bonchev–Trinajstić information content (AvgIpc) is 2.68. The minimum Gasteiger partial charge on any atom is -0.298 e. The van der Waals surface area contributed by atoms with E-state index in [0.29, 0.717) is 15.7 Å². The fraction of sp³-hybridized carbons (Fsp3) is 0. The van der Waals surface area contributed by atoms with Crippen LogP contribution in [-0.2, 0) is 0 Å². The first kappa shape index (κ1) is 13.3. The van der Waals surface area contributed by atoms with Gasteiger partial charge in [-0.05, 0) is 56.7 Å². The van der Waals surface area contributed by atoms with Gasteiger partial charge in [-0.1, -0.05) is 22.9 Å². The number of aromatic nitrogens is 1. The predicted octanol–water partition coefficient (Wildman–Crippen LogP) is 4.42. The lowest BCUT2D eigenvalue weighted by Crippen LogP contribution is -2.11. The minimum atomic E-state index is -0.217. The first-order valence-corrected chi connectivity index (χ1v) is 7.50. The Morgan fingerprint density at radius 3 is 2.88 bits per heavy atom. The second-order valence-electron chi connectivity index (χ2n) is 3.05. The first-order chi connectivity index (χ1) is 8.06. The molecule has 0 aliphatic heterocycles. The summed E-state index contributed by atoms with van der Waals surface area (Å²) >= 11 is 12.7. The number of rotatable bonds is 2. The van der Waals surface area contributed by atoms with Crippen molar-refractivity contribution >= 4 is 72.5 Å². The number of amides is 1. The highest BCUT2D eigenvalue weighted by Gasteiger charge is 2.10. The Morgan fingerprint density at radius 2 is 2.29 bits per heavy atom. The van der Waals surface area contributed by atoms with Crippen LogP contribution in [0, 0.1) is 3.57 Å². The van der Waals surface area contributed by atoms with Crippen LogP contribution in [-0.4, -0.2) is 10.9 Å². The van der Waals surface area contributed by atoms with Crippen LogP contribution in [0.4, 0.5) is 5.13 Å². The lowest BCUT2D eigenvalue weighted by Gasteiger charge is -2.03. The van der Waals surface area contributed by atoms with Gasteiger partial charge in [0.2, 0.25) is 0 Å². The molecular weight excluding hydrogens is 438 g/mol. The molecule has 1 heterocycles. The summed E-state index contributed by atoms with van der Waals surface area (Å²) in [7, 11) is 0. The summed E-state index contributed by atoms with van der Waals surface area (Å²) in [5.41, 5.74) is 0.515. The number of benzene rings is 1. The van der Waals surface area contributed by atoms with Crippen molar-refractivity contribution in [2.45, 2.75) is 0 Å². The van der Waals surface area contributed by atoms with Crippen molar-refractivity contribution in [1.82, 2.24) is 4.98 Å². The Balaban J connectivity index is 2.17. The first-order valence-electron chi connectivity index (χ1n) is 4.44. The third-order valence-corrected chi connectivity index (χ3v) is 4.84. The van der Waals surface area contributed by atoms with Crippen LogP contribution in [0.1, 0.15) is 10.4 Å². The zero-order chi connectivity index (χ0) is 12.4. The van der Waals surface area contributed by atoms with Gasteiger partial charge in [-0.15, -0.1) is 0 Å². The molecule has 0 saturated carbocycles. The molecular formula is C10H5BrClIN2OS. The molecule has 17 heavy (non-hydrogen) atoms. The van der Waals surface area contributed by atoms with Crippen molar-refractivity contribution in [2.24, 2.45) is 0 Å². The van der Waals surface area contributed by atoms with Gasteiger partial charge in [0.15, 0.2) is 5.13 Å². The highest BCUT2D eigenvalue weighted by atomic mass is 127. The molecule has 3 nitrogen and oxygen atoms in total. The van der Waals surface area contributed by atoms with Gasteiger partial charge in [0.1, 0.15) is 0 Å². The largest absolute Gasteiger partial charge is 0.298 e. The normalized spacial score (nSPS) is 10.3. The number of hydrogen-bond donors (Lipinski definition) is 1. The maximum atomic E-state index is 11.9. The van der Waals surface area contributed by atoms with Crippen LogP contribution >= 0.6 is 61.5 Å². The molecule has 7 heteroatoms. The number of halogens is 3. The highest BCUT2D eigenvalue weighted by molar-refractivity contribution is 14.1. The Hall–Kier alpha value is -0.180. The molecule has 0 aliphatic carbocycles. The van der Waals surface area contributed by atoms with Gasteiger partial charge in [0.05, 0.1) is 15.0 Å². The third-order valence-electron chi connectivity index (χ3n) is 1.88. The van der Waals surface area contributed by atoms with E-state index in [4.69, 9.17) is 11.6 Å². The quantitative estimate of drug-likeness (QED) is 0.699. The van der Waals surface area contributed by atoms with E-state index >= 15 is 0 Å². The molecule has 0 fully saturated rings. The average molecular weight is 443 g/mol. The molecule has 0 radical (unpaired) electrons. The van der Waals surface area contributed by atoms with E-state index in [1.165, 1.54) is 11.3 Å². The summed E-state index contributed by atoms with van der Waals surface area (Å²) in [6.07, 6.45) is 1.64. The number of carbonyl (C=O) groups excluding carboxylic acids is 1.